The van der Waals surface area contributed by atoms with Gasteiger partial charge in [0.05, 0.1) is 10.6 Å². The van der Waals surface area contributed by atoms with Crippen LogP contribution in [0.5, 0.6) is 0 Å². The van der Waals surface area contributed by atoms with Gasteiger partial charge in [0, 0.05) is 0 Å². The quantitative estimate of drug-likeness (QED) is 0.223. The first-order valence-corrected chi connectivity index (χ1v) is 12.0. The van der Waals surface area contributed by atoms with E-state index in [1.54, 1.807) is 0 Å². The molecule has 0 amide bonds. The fraction of sp³-hybridized carbons (Fsp3) is 0.200. The van der Waals surface area contributed by atoms with Gasteiger partial charge in [0.2, 0.25) is 0 Å². The van der Waals surface area contributed by atoms with Crippen molar-refractivity contribution in [2.24, 2.45) is 0 Å². The second kappa shape index (κ2) is 10.7. The normalized spacial score (nSPS) is 11.6. The van der Waals surface area contributed by atoms with E-state index in [4.69, 9.17) is 11.6 Å². The van der Waals surface area contributed by atoms with Gasteiger partial charge >= 0.3 is 6.18 Å². The molecule has 0 saturated heterocycles. The summed E-state index contributed by atoms with van der Waals surface area (Å²) >= 11 is 6.27. The van der Waals surface area contributed by atoms with Crippen molar-refractivity contribution in [1.82, 2.24) is 0 Å². The molecule has 0 aliphatic rings. The maximum Gasteiger partial charge on any atom is 0.416 e. The fourth-order valence-corrected chi connectivity index (χ4v) is 4.41. The van der Waals surface area contributed by atoms with Gasteiger partial charge in [0.25, 0.3) is 0 Å². The van der Waals surface area contributed by atoms with Crippen molar-refractivity contribution in [3.8, 4) is 22.3 Å². The van der Waals surface area contributed by atoms with Gasteiger partial charge in [-0.25, -0.2) is 4.39 Å². The van der Waals surface area contributed by atoms with Gasteiger partial charge in [-0.05, 0) is 70.3 Å². The third-order valence-corrected chi connectivity index (χ3v) is 6.57. The van der Waals surface area contributed by atoms with Crippen molar-refractivity contribution in [2.75, 3.05) is 0 Å². The van der Waals surface area contributed by atoms with Gasteiger partial charge in [-0.1, -0.05) is 97.7 Å². The molecule has 35 heavy (non-hydrogen) atoms. The van der Waals surface area contributed by atoms with Gasteiger partial charge in [0.1, 0.15) is 5.82 Å². The number of alkyl halides is 3. The summed E-state index contributed by atoms with van der Waals surface area (Å²) in [5.74, 6) is -0.305. The molecule has 0 saturated carbocycles. The number of benzene rings is 4. The number of halogens is 5. The molecule has 4 aromatic rings. The van der Waals surface area contributed by atoms with Gasteiger partial charge in [-0.3, -0.25) is 0 Å². The first-order chi connectivity index (χ1) is 16.8. The highest BCUT2D eigenvalue weighted by atomic mass is 35.5. The van der Waals surface area contributed by atoms with Gasteiger partial charge in [-0.2, -0.15) is 13.2 Å². The minimum absolute atomic E-state index is 0.223. The Balaban J connectivity index is 1.41. The molecule has 5 heteroatoms. The third kappa shape index (κ3) is 5.94. The Labute approximate surface area is 208 Å². The SMILES string of the molecule is CCCc1ccc(CCc2ccc(-c3ccc(-c4ccc(C(F)(F)F)cc4)cc3)cc2)c(Cl)c1F. The lowest BCUT2D eigenvalue weighted by Crippen LogP contribution is -2.03. The van der Waals surface area contributed by atoms with E-state index in [2.05, 4.69) is 12.1 Å². The average Bonchev–Trinajstić information content (AvgIpc) is 2.86. The molecule has 0 bridgehead atoms. The largest absolute Gasteiger partial charge is 0.416 e. The Kier molecular flexibility index (Phi) is 7.61. The molecule has 180 valence electrons. The molecule has 0 N–H and O–H groups in total. The molecule has 0 heterocycles. The predicted molar refractivity (Wildman–Crippen MR) is 135 cm³/mol. The van der Waals surface area contributed by atoms with E-state index in [-0.39, 0.29) is 10.8 Å². The highest BCUT2D eigenvalue weighted by Crippen LogP contribution is 2.32. The highest BCUT2D eigenvalue weighted by molar-refractivity contribution is 6.31. The van der Waals surface area contributed by atoms with Crippen LogP contribution in [0.15, 0.2) is 84.9 Å². The molecular weight excluding hydrogens is 472 g/mol. The maximum absolute atomic E-state index is 14.4. The van der Waals surface area contributed by atoms with Crippen LogP contribution in [-0.4, -0.2) is 0 Å². The van der Waals surface area contributed by atoms with E-state index in [1.165, 1.54) is 12.1 Å². The molecule has 0 radical (unpaired) electrons. The molecule has 0 aromatic heterocycles. The standard InChI is InChI=1S/C30H25ClF4/c1-2-3-26-15-14-25(28(31)29(26)32)9-6-20-4-7-21(8-5-20)22-10-12-23(13-11-22)24-16-18-27(19-17-24)30(33,34)35/h4-5,7-8,10-19H,2-3,6,9H2,1H3. The molecule has 4 aromatic carbocycles. The van der Waals surface area contributed by atoms with Crippen molar-refractivity contribution in [3.05, 3.63) is 118 Å². The summed E-state index contributed by atoms with van der Waals surface area (Å²) in [5, 5.41) is 0.223. The van der Waals surface area contributed by atoms with Crippen LogP contribution in [0.1, 0.15) is 35.6 Å². The van der Waals surface area contributed by atoms with Crippen LogP contribution < -0.4 is 0 Å². The Morgan fingerprint density at radius 2 is 1.06 bits per heavy atom. The Hall–Kier alpha value is -3.11. The van der Waals surface area contributed by atoms with Gasteiger partial charge < -0.3 is 0 Å². The van der Waals surface area contributed by atoms with Crippen LogP contribution >= 0.6 is 11.6 Å². The van der Waals surface area contributed by atoms with Crippen molar-refractivity contribution < 1.29 is 17.6 Å². The molecule has 0 unspecified atom stereocenters. The van der Waals surface area contributed by atoms with Crippen molar-refractivity contribution >= 4 is 11.6 Å². The maximum atomic E-state index is 14.4. The summed E-state index contributed by atoms with van der Waals surface area (Å²) in [6.07, 6.45) is -1.38. The van der Waals surface area contributed by atoms with E-state index in [0.29, 0.717) is 18.4 Å². The average molecular weight is 497 g/mol. The molecule has 4 rings (SSSR count). The third-order valence-electron chi connectivity index (χ3n) is 6.16. The molecule has 0 aliphatic heterocycles. The lowest BCUT2D eigenvalue weighted by atomic mass is 9.97. The minimum atomic E-state index is -4.34. The Morgan fingerprint density at radius 3 is 1.54 bits per heavy atom. The molecule has 0 nitrogen and oxygen atoms in total. The van der Waals surface area contributed by atoms with Crippen molar-refractivity contribution in [1.29, 1.82) is 0 Å². The summed E-state index contributed by atoms with van der Waals surface area (Å²) < 4.78 is 52.8. The highest BCUT2D eigenvalue weighted by Gasteiger charge is 2.29. The van der Waals surface area contributed by atoms with Crippen LogP contribution in [0.2, 0.25) is 5.02 Å². The molecule has 0 spiro atoms. The summed E-state index contributed by atoms with van der Waals surface area (Å²) in [7, 11) is 0. The van der Waals surface area contributed by atoms with Crippen LogP contribution in [0.3, 0.4) is 0 Å². The molecular formula is C30H25ClF4. The Bertz CT molecular complexity index is 1270. The summed E-state index contributed by atoms with van der Waals surface area (Å²) in [5.41, 5.74) is 5.60. The van der Waals surface area contributed by atoms with Crippen LogP contribution in [0.4, 0.5) is 17.6 Å². The zero-order chi connectivity index (χ0) is 25.0. The van der Waals surface area contributed by atoms with Crippen molar-refractivity contribution in [2.45, 2.75) is 38.8 Å². The van der Waals surface area contributed by atoms with E-state index in [9.17, 15) is 17.6 Å². The first-order valence-electron chi connectivity index (χ1n) is 11.6. The van der Waals surface area contributed by atoms with E-state index in [1.807, 2.05) is 55.5 Å². The monoisotopic (exact) mass is 496 g/mol. The zero-order valence-corrected chi connectivity index (χ0v) is 20.1. The summed E-state index contributed by atoms with van der Waals surface area (Å²) in [6.45, 7) is 2.01. The smallest absolute Gasteiger partial charge is 0.205 e. The van der Waals surface area contributed by atoms with E-state index < -0.39 is 11.7 Å². The lowest BCUT2D eigenvalue weighted by molar-refractivity contribution is -0.137. The molecule has 0 fully saturated rings. The second-order valence-corrected chi connectivity index (χ2v) is 8.99. The summed E-state index contributed by atoms with van der Waals surface area (Å²) in [6, 6.07) is 24.8. The Morgan fingerprint density at radius 1 is 0.600 bits per heavy atom. The lowest BCUT2D eigenvalue weighted by Gasteiger charge is -2.10. The van der Waals surface area contributed by atoms with Crippen molar-refractivity contribution in [3.63, 3.8) is 0 Å². The van der Waals surface area contributed by atoms with E-state index in [0.717, 1.165) is 58.4 Å². The summed E-state index contributed by atoms with van der Waals surface area (Å²) in [4.78, 5) is 0. The number of aryl methyl sites for hydroxylation is 3. The first kappa shape index (κ1) is 25.0. The minimum Gasteiger partial charge on any atom is -0.205 e. The second-order valence-electron chi connectivity index (χ2n) is 8.61. The predicted octanol–water partition coefficient (Wildman–Crippen LogP) is 9.57. The zero-order valence-electron chi connectivity index (χ0n) is 19.3. The van der Waals surface area contributed by atoms with Crippen LogP contribution in [0.25, 0.3) is 22.3 Å². The van der Waals surface area contributed by atoms with E-state index >= 15 is 0 Å². The molecule has 0 atom stereocenters. The molecule has 0 aliphatic carbocycles. The van der Waals surface area contributed by atoms with Gasteiger partial charge in [0.15, 0.2) is 0 Å². The van der Waals surface area contributed by atoms with Crippen LogP contribution in [-0.2, 0) is 25.4 Å². The number of hydrogen-bond donors (Lipinski definition) is 0. The van der Waals surface area contributed by atoms with Gasteiger partial charge in [-0.15, -0.1) is 0 Å². The number of rotatable bonds is 7. The number of hydrogen-bond acceptors (Lipinski definition) is 0. The topological polar surface area (TPSA) is 0 Å². The fourth-order valence-electron chi connectivity index (χ4n) is 4.13. The van der Waals surface area contributed by atoms with Crippen LogP contribution in [0, 0.1) is 5.82 Å².